The Bertz CT molecular complexity index is 1760. The van der Waals surface area contributed by atoms with E-state index in [1.807, 2.05) is 67.2 Å². The van der Waals surface area contributed by atoms with Crippen molar-refractivity contribution in [1.29, 1.82) is 0 Å². The molecule has 0 spiro atoms. The summed E-state index contributed by atoms with van der Waals surface area (Å²) in [6.45, 7) is 6.06. The molecule has 4 aromatic rings. The average Bonchev–Trinajstić information content (AvgIpc) is 3.39. The maximum absolute atomic E-state index is 14.0. The zero-order valence-electron chi connectivity index (χ0n) is 22.0. The Hall–Kier alpha value is -4.11. The van der Waals surface area contributed by atoms with Crippen LogP contribution in [0.25, 0.3) is 17.0 Å². The minimum atomic E-state index is -0.731. The summed E-state index contributed by atoms with van der Waals surface area (Å²) >= 11 is 1.30. The number of nitrogens with zero attached hydrogens (tertiary/aromatic N) is 3. The number of aryl methyl sites for hydroxylation is 1. The van der Waals surface area contributed by atoms with E-state index in [0.717, 1.165) is 16.5 Å². The van der Waals surface area contributed by atoms with Gasteiger partial charge in [0, 0.05) is 29.7 Å². The Kier molecular flexibility index (Phi) is 6.94. The first kappa shape index (κ1) is 25.5. The van der Waals surface area contributed by atoms with E-state index in [2.05, 4.69) is 4.99 Å². The molecule has 1 aliphatic heterocycles. The minimum Gasteiger partial charge on any atom is -0.493 e. The number of thiazole rings is 1. The lowest BCUT2D eigenvalue weighted by molar-refractivity contribution is -0.139. The van der Waals surface area contributed by atoms with E-state index < -0.39 is 12.0 Å². The molecule has 5 rings (SSSR count). The highest BCUT2D eigenvalue weighted by atomic mass is 32.1. The Balaban J connectivity index is 1.75. The third-order valence-corrected chi connectivity index (χ3v) is 7.52. The first-order valence-electron chi connectivity index (χ1n) is 12.4. The summed E-state index contributed by atoms with van der Waals surface area (Å²) in [5.41, 5.74) is 3.32. The molecule has 0 saturated heterocycles. The van der Waals surface area contributed by atoms with Crippen LogP contribution in [0.2, 0.25) is 0 Å². The first-order chi connectivity index (χ1) is 18.4. The number of esters is 1. The molecule has 3 heterocycles. The summed E-state index contributed by atoms with van der Waals surface area (Å²) in [5.74, 6) is 0.594. The van der Waals surface area contributed by atoms with Gasteiger partial charge in [-0.05, 0) is 50.6 Å². The predicted octanol–water partition coefficient (Wildman–Crippen LogP) is 3.70. The van der Waals surface area contributed by atoms with Crippen molar-refractivity contribution in [1.82, 2.24) is 9.13 Å². The standard InChI is InChI=1S/C29H29N3O5S/c1-6-36-23-14-18(12-13-22(23)35-5)26-25(28(34)37-7-2)17(3)30-29-32(26)27(33)24(38-29)15-19-16-31(4)21-11-9-8-10-20(19)21/h8-16,26H,6-7H2,1-5H3/b24-15+. The lowest BCUT2D eigenvalue weighted by Crippen LogP contribution is -2.40. The lowest BCUT2D eigenvalue weighted by Gasteiger charge is -2.25. The third-order valence-electron chi connectivity index (χ3n) is 6.53. The van der Waals surface area contributed by atoms with Crippen molar-refractivity contribution in [3.05, 3.63) is 90.7 Å². The van der Waals surface area contributed by atoms with Gasteiger partial charge < -0.3 is 18.8 Å². The number of methoxy groups -OCH3 is 1. The minimum absolute atomic E-state index is 0.209. The van der Waals surface area contributed by atoms with Crippen LogP contribution in [0.15, 0.2) is 69.7 Å². The van der Waals surface area contributed by atoms with Gasteiger partial charge >= 0.3 is 5.97 Å². The van der Waals surface area contributed by atoms with Gasteiger partial charge in [-0.1, -0.05) is 35.6 Å². The average molecular weight is 532 g/mol. The van der Waals surface area contributed by atoms with E-state index in [9.17, 15) is 9.59 Å². The van der Waals surface area contributed by atoms with Crippen molar-refractivity contribution >= 4 is 34.3 Å². The van der Waals surface area contributed by atoms with Crippen LogP contribution in [0, 0.1) is 0 Å². The summed E-state index contributed by atoms with van der Waals surface area (Å²) in [6.07, 6.45) is 3.90. The topological polar surface area (TPSA) is 84.1 Å². The van der Waals surface area contributed by atoms with Crippen molar-refractivity contribution in [3.63, 3.8) is 0 Å². The fourth-order valence-electron chi connectivity index (χ4n) is 4.87. The smallest absolute Gasteiger partial charge is 0.338 e. The number of hydrogen-bond acceptors (Lipinski definition) is 7. The molecule has 0 fully saturated rings. The molecule has 1 unspecified atom stereocenters. The largest absolute Gasteiger partial charge is 0.493 e. The Morgan fingerprint density at radius 1 is 1.13 bits per heavy atom. The van der Waals surface area contributed by atoms with Crippen LogP contribution in [0.4, 0.5) is 0 Å². The molecule has 0 radical (unpaired) electrons. The quantitative estimate of drug-likeness (QED) is 0.340. The predicted molar refractivity (Wildman–Crippen MR) is 147 cm³/mol. The van der Waals surface area contributed by atoms with Crippen molar-refractivity contribution < 1.29 is 19.0 Å². The SMILES string of the molecule is CCOC(=O)C1=C(C)N=c2s/c(=C/c3cn(C)c4ccccc34)c(=O)n2C1c1ccc(OC)c(OCC)c1. The van der Waals surface area contributed by atoms with Gasteiger partial charge in [0.2, 0.25) is 0 Å². The van der Waals surface area contributed by atoms with Crippen LogP contribution < -0.4 is 24.4 Å². The highest BCUT2D eigenvalue weighted by Gasteiger charge is 2.34. The van der Waals surface area contributed by atoms with Gasteiger partial charge in [0.1, 0.15) is 0 Å². The first-order valence-corrected chi connectivity index (χ1v) is 13.2. The van der Waals surface area contributed by atoms with Crippen LogP contribution >= 0.6 is 11.3 Å². The molecule has 0 aliphatic carbocycles. The van der Waals surface area contributed by atoms with Crippen LogP contribution in [-0.2, 0) is 16.6 Å². The maximum atomic E-state index is 14.0. The fourth-order valence-corrected chi connectivity index (χ4v) is 5.91. The molecule has 196 valence electrons. The third kappa shape index (κ3) is 4.32. The van der Waals surface area contributed by atoms with E-state index in [-0.39, 0.29) is 12.2 Å². The molecule has 1 aliphatic rings. The molecule has 8 nitrogen and oxygen atoms in total. The van der Waals surface area contributed by atoms with Crippen LogP contribution in [0.1, 0.15) is 37.9 Å². The maximum Gasteiger partial charge on any atom is 0.338 e. The molecule has 38 heavy (non-hydrogen) atoms. The van der Waals surface area contributed by atoms with E-state index in [1.165, 1.54) is 11.3 Å². The highest BCUT2D eigenvalue weighted by Crippen LogP contribution is 2.36. The molecular formula is C29H29N3O5S. The number of carbonyl (C=O) groups excluding carboxylic acids is 1. The summed E-state index contributed by atoms with van der Waals surface area (Å²) < 4.78 is 20.8. The van der Waals surface area contributed by atoms with Crippen LogP contribution in [-0.4, -0.2) is 35.4 Å². The number of fused-ring (bicyclic) bond motifs is 2. The van der Waals surface area contributed by atoms with E-state index in [0.29, 0.717) is 44.3 Å². The number of benzene rings is 2. The van der Waals surface area contributed by atoms with Crippen molar-refractivity contribution in [2.24, 2.45) is 12.0 Å². The molecule has 2 aromatic carbocycles. The van der Waals surface area contributed by atoms with Crippen LogP contribution in [0.3, 0.4) is 0 Å². The number of carbonyl (C=O) groups is 1. The van der Waals surface area contributed by atoms with E-state index in [4.69, 9.17) is 14.2 Å². The van der Waals surface area contributed by atoms with Gasteiger partial charge in [-0.2, -0.15) is 0 Å². The van der Waals surface area contributed by atoms with Crippen molar-refractivity contribution in [2.75, 3.05) is 20.3 Å². The molecule has 2 aromatic heterocycles. The van der Waals surface area contributed by atoms with Gasteiger partial charge in [-0.3, -0.25) is 9.36 Å². The molecule has 0 amide bonds. The number of ether oxygens (including phenoxy) is 3. The van der Waals surface area contributed by atoms with E-state index >= 15 is 0 Å². The molecule has 0 saturated carbocycles. The number of hydrogen-bond donors (Lipinski definition) is 0. The Labute approximate surface area is 223 Å². The van der Waals surface area contributed by atoms with Crippen LogP contribution in [0.5, 0.6) is 11.5 Å². The monoisotopic (exact) mass is 531 g/mol. The summed E-state index contributed by atoms with van der Waals surface area (Å²) in [7, 11) is 3.55. The second kappa shape index (κ2) is 10.3. The normalized spacial score (nSPS) is 15.4. The molecule has 9 heteroatoms. The van der Waals surface area contributed by atoms with Crippen molar-refractivity contribution in [3.8, 4) is 11.5 Å². The van der Waals surface area contributed by atoms with Gasteiger partial charge in [0.15, 0.2) is 16.3 Å². The molecular weight excluding hydrogens is 502 g/mol. The summed E-state index contributed by atoms with van der Waals surface area (Å²) in [5, 5.41) is 1.05. The fraction of sp³-hybridized carbons (Fsp3) is 0.276. The molecule has 1 atom stereocenters. The summed E-state index contributed by atoms with van der Waals surface area (Å²) in [6, 6.07) is 12.8. The zero-order valence-corrected chi connectivity index (χ0v) is 22.8. The number of aromatic nitrogens is 2. The van der Waals surface area contributed by atoms with Gasteiger partial charge in [0.05, 0.1) is 42.2 Å². The van der Waals surface area contributed by atoms with Gasteiger partial charge in [-0.15, -0.1) is 0 Å². The van der Waals surface area contributed by atoms with Gasteiger partial charge in [-0.25, -0.2) is 9.79 Å². The number of allylic oxidation sites excluding steroid dienone is 1. The molecule has 0 bridgehead atoms. The second-order valence-electron chi connectivity index (χ2n) is 8.86. The Morgan fingerprint density at radius 3 is 2.66 bits per heavy atom. The molecule has 0 N–H and O–H groups in total. The van der Waals surface area contributed by atoms with E-state index in [1.54, 1.807) is 31.6 Å². The second-order valence-corrected chi connectivity index (χ2v) is 9.87. The van der Waals surface area contributed by atoms with Crippen molar-refractivity contribution in [2.45, 2.75) is 26.8 Å². The number of rotatable bonds is 7. The van der Waals surface area contributed by atoms with Gasteiger partial charge in [0.25, 0.3) is 5.56 Å². The number of para-hydroxylation sites is 1. The lowest BCUT2D eigenvalue weighted by atomic mass is 9.95. The highest BCUT2D eigenvalue weighted by molar-refractivity contribution is 7.07. The zero-order chi connectivity index (χ0) is 27.0. The Morgan fingerprint density at radius 2 is 1.92 bits per heavy atom. The summed E-state index contributed by atoms with van der Waals surface area (Å²) in [4.78, 5) is 32.3.